The molecule has 0 unspecified atom stereocenters. The Hall–Kier alpha value is -5.70. The standard InChI is InChI=1S/3C13H14N2O6.3Na.3H/c3*14-11(18)7-3-1-2-4-8(7)12(19)15-9(13(20)21)5-6-10(16)17;;;;;;/h3*1-4,9H,5-6H2,(H2,14,18)(H,15,19)(H,16,17)(H,20,21);;;;;;/t3*9-;;;;;;/m000....../s1. The van der Waals surface area contributed by atoms with E-state index >= 15 is 0 Å². The van der Waals surface area contributed by atoms with Crippen LogP contribution in [0.4, 0.5) is 0 Å². The van der Waals surface area contributed by atoms with Crippen LogP contribution in [0.1, 0.15) is 101 Å². The van der Waals surface area contributed by atoms with Crippen molar-refractivity contribution in [3.63, 3.8) is 0 Å². The molecule has 27 heteroatoms. The number of primary amides is 3. The van der Waals surface area contributed by atoms with E-state index in [2.05, 4.69) is 16.0 Å². The van der Waals surface area contributed by atoms with Crippen molar-refractivity contribution >= 4 is 160 Å². The van der Waals surface area contributed by atoms with Crippen LogP contribution in [0, 0.1) is 0 Å². The predicted molar refractivity (Wildman–Crippen MR) is 234 cm³/mol. The summed E-state index contributed by atoms with van der Waals surface area (Å²) in [5.74, 6) is -12.5. The van der Waals surface area contributed by atoms with E-state index in [-0.39, 0.29) is 141 Å². The summed E-state index contributed by atoms with van der Waals surface area (Å²) in [6.07, 6.45) is -2.03. The van der Waals surface area contributed by atoms with Crippen molar-refractivity contribution in [1.82, 2.24) is 16.0 Å². The van der Waals surface area contributed by atoms with Crippen molar-refractivity contribution in [1.29, 1.82) is 0 Å². The molecule has 15 N–H and O–H groups in total. The number of aliphatic carboxylic acids is 6. The number of carbonyl (C=O) groups is 12. The van der Waals surface area contributed by atoms with Crippen molar-refractivity contribution in [2.24, 2.45) is 17.2 Å². The minimum atomic E-state index is -1.37. The van der Waals surface area contributed by atoms with Gasteiger partial charge in [-0.2, -0.15) is 0 Å². The Morgan fingerprint density at radius 1 is 0.364 bits per heavy atom. The fourth-order valence-corrected chi connectivity index (χ4v) is 4.97. The molecule has 342 valence electrons. The Bertz CT molecular complexity index is 2020. The monoisotopic (exact) mass is 954 g/mol. The molecule has 3 rings (SSSR count). The number of hydrogen-bond donors (Lipinski definition) is 12. The van der Waals surface area contributed by atoms with Gasteiger partial charge in [-0.1, -0.05) is 36.4 Å². The van der Waals surface area contributed by atoms with Gasteiger partial charge in [-0.15, -0.1) is 0 Å². The third-order valence-electron chi connectivity index (χ3n) is 8.06. The summed E-state index contributed by atoms with van der Waals surface area (Å²) in [6.45, 7) is 0. The zero-order valence-corrected chi connectivity index (χ0v) is 32.7. The van der Waals surface area contributed by atoms with E-state index in [0.29, 0.717) is 0 Å². The van der Waals surface area contributed by atoms with Crippen LogP contribution >= 0.6 is 0 Å². The van der Waals surface area contributed by atoms with Crippen molar-refractivity contribution in [3.05, 3.63) is 106 Å². The summed E-state index contributed by atoms with van der Waals surface area (Å²) in [6, 6.07) is 12.9. The second kappa shape index (κ2) is 32.9. The van der Waals surface area contributed by atoms with Crippen molar-refractivity contribution in [2.45, 2.75) is 56.7 Å². The van der Waals surface area contributed by atoms with E-state index in [1.165, 1.54) is 72.8 Å². The molecule has 6 amide bonds. The number of nitrogens with one attached hydrogen (secondary N) is 3. The van der Waals surface area contributed by atoms with Crippen molar-refractivity contribution in [2.75, 3.05) is 0 Å². The Morgan fingerprint density at radius 3 is 0.697 bits per heavy atom. The number of rotatable bonds is 21. The number of carbonyl (C=O) groups excluding carboxylic acids is 6. The number of carboxylic acid groups (broad SMARTS) is 6. The Labute approximate surface area is 440 Å². The summed E-state index contributed by atoms with van der Waals surface area (Å²) in [5.41, 5.74) is 15.1. The van der Waals surface area contributed by atoms with Gasteiger partial charge in [0.05, 0.1) is 33.4 Å². The van der Waals surface area contributed by atoms with E-state index < -0.39 is 109 Å². The molecule has 3 aromatic rings. The summed E-state index contributed by atoms with van der Waals surface area (Å²) in [5, 5.41) is 59.0. The molecular formula is C39H45N6Na3O18. The quantitative estimate of drug-likeness (QED) is 0.0493. The zero-order chi connectivity index (χ0) is 48.0. The number of carboxylic acids is 6. The van der Waals surface area contributed by atoms with Gasteiger partial charge in [0.15, 0.2) is 0 Å². The third-order valence-corrected chi connectivity index (χ3v) is 8.06. The van der Waals surface area contributed by atoms with Gasteiger partial charge in [0.2, 0.25) is 17.7 Å². The fraction of sp³-hybridized carbons (Fsp3) is 0.231. The number of hydrogen-bond acceptors (Lipinski definition) is 12. The molecule has 0 radical (unpaired) electrons. The molecule has 24 nitrogen and oxygen atoms in total. The van der Waals surface area contributed by atoms with Gasteiger partial charge in [-0.3, -0.25) is 43.2 Å². The van der Waals surface area contributed by atoms with Gasteiger partial charge in [-0.05, 0) is 55.7 Å². The van der Waals surface area contributed by atoms with Crippen LogP contribution in [0.25, 0.3) is 0 Å². The van der Waals surface area contributed by atoms with Crippen LogP contribution in [0.15, 0.2) is 72.8 Å². The summed E-state index contributed by atoms with van der Waals surface area (Å²) in [7, 11) is 0. The number of amides is 6. The van der Waals surface area contributed by atoms with E-state index in [1.807, 2.05) is 0 Å². The average molecular weight is 955 g/mol. The van der Waals surface area contributed by atoms with E-state index in [1.54, 1.807) is 0 Å². The molecule has 0 aliphatic heterocycles. The van der Waals surface area contributed by atoms with Crippen molar-refractivity contribution in [3.8, 4) is 0 Å². The molecule has 0 spiro atoms. The molecule has 0 bridgehead atoms. The first-order valence-corrected chi connectivity index (χ1v) is 17.9. The van der Waals surface area contributed by atoms with Gasteiger partial charge in [0.25, 0.3) is 17.7 Å². The normalized spacial score (nSPS) is 10.9. The summed E-state index contributed by atoms with van der Waals surface area (Å²) in [4.78, 5) is 134. The SMILES string of the molecule is NC(=O)c1ccccc1C(=O)N[C@@H](CCC(=O)O)C(=O)O.NC(=O)c1ccccc1C(=O)N[C@@H](CCC(=O)O)C(=O)O.NC(=O)c1ccccc1C(=O)N[C@@H](CCC(=O)O)C(=O)O.[NaH].[NaH].[NaH]. The van der Waals surface area contributed by atoms with Crippen molar-refractivity contribution < 1.29 is 88.2 Å². The van der Waals surface area contributed by atoms with Gasteiger partial charge < -0.3 is 63.8 Å². The molecule has 3 aromatic carbocycles. The minimum absolute atomic E-state index is 0. The second-order valence-corrected chi connectivity index (χ2v) is 12.6. The maximum atomic E-state index is 12.0. The average Bonchev–Trinajstić information content (AvgIpc) is 3.22. The third kappa shape index (κ3) is 23.5. The molecule has 0 saturated carbocycles. The number of nitrogens with two attached hydrogens (primary N) is 3. The summed E-state index contributed by atoms with van der Waals surface area (Å²) < 4.78 is 0. The van der Waals surface area contributed by atoms with E-state index in [4.69, 9.17) is 47.8 Å². The second-order valence-electron chi connectivity index (χ2n) is 12.6. The van der Waals surface area contributed by atoms with Crippen LogP contribution in [0.2, 0.25) is 0 Å². The summed E-state index contributed by atoms with van der Waals surface area (Å²) >= 11 is 0. The Morgan fingerprint density at radius 2 is 0.545 bits per heavy atom. The van der Waals surface area contributed by atoms with Crippen LogP contribution in [0.5, 0.6) is 0 Å². The van der Waals surface area contributed by atoms with Crippen LogP contribution in [0.3, 0.4) is 0 Å². The fourth-order valence-electron chi connectivity index (χ4n) is 4.97. The van der Waals surface area contributed by atoms with Crippen LogP contribution < -0.4 is 33.2 Å². The van der Waals surface area contributed by atoms with E-state index in [9.17, 15) is 57.5 Å². The molecule has 66 heavy (non-hydrogen) atoms. The molecule has 0 aliphatic carbocycles. The Balaban J connectivity index is -0.000000882. The Kier molecular flexibility index (Phi) is 32.2. The number of benzene rings is 3. The molecule has 3 atom stereocenters. The van der Waals surface area contributed by atoms with E-state index in [0.717, 1.165) is 0 Å². The molecule has 0 aliphatic rings. The van der Waals surface area contributed by atoms with Crippen LogP contribution in [-0.2, 0) is 28.8 Å². The van der Waals surface area contributed by atoms with Gasteiger partial charge >= 0.3 is 124 Å². The first-order chi connectivity index (χ1) is 29.5. The molecule has 0 aromatic heterocycles. The zero-order valence-electron chi connectivity index (χ0n) is 32.7. The molecular weight excluding hydrogens is 909 g/mol. The van der Waals surface area contributed by atoms with Gasteiger partial charge in [0, 0.05) is 19.3 Å². The molecule has 0 heterocycles. The molecule has 0 fully saturated rings. The van der Waals surface area contributed by atoms with Gasteiger partial charge in [0.1, 0.15) is 18.1 Å². The first kappa shape index (κ1) is 64.6. The predicted octanol–water partition coefficient (Wildman–Crippen LogP) is -2.45. The van der Waals surface area contributed by atoms with Crippen LogP contribution in [-0.4, -0.2) is 209 Å². The maximum absolute atomic E-state index is 12.0. The molecule has 0 saturated heterocycles. The van der Waals surface area contributed by atoms with Gasteiger partial charge in [-0.25, -0.2) is 14.4 Å². The topological polar surface area (TPSA) is 440 Å². The first-order valence-electron chi connectivity index (χ1n) is 17.9.